The SMILES string of the molecule is C=C(C)Cn1c(-c2cccnc2)n[nH]c1=S. The zero-order valence-electron chi connectivity index (χ0n) is 8.97. The van der Waals surface area contributed by atoms with Crippen molar-refractivity contribution in [1.29, 1.82) is 0 Å². The summed E-state index contributed by atoms with van der Waals surface area (Å²) in [6.07, 6.45) is 3.49. The van der Waals surface area contributed by atoms with Gasteiger partial charge in [0.05, 0.1) is 0 Å². The highest BCUT2D eigenvalue weighted by molar-refractivity contribution is 7.71. The molecule has 0 radical (unpaired) electrons. The van der Waals surface area contributed by atoms with Gasteiger partial charge in [0, 0.05) is 24.5 Å². The van der Waals surface area contributed by atoms with Crippen LogP contribution in [0.1, 0.15) is 6.92 Å². The van der Waals surface area contributed by atoms with Crippen molar-refractivity contribution in [3.63, 3.8) is 0 Å². The predicted octanol–water partition coefficient (Wildman–Crippen LogP) is 2.58. The van der Waals surface area contributed by atoms with E-state index >= 15 is 0 Å². The van der Waals surface area contributed by atoms with Crippen molar-refractivity contribution < 1.29 is 0 Å². The lowest BCUT2D eigenvalue weighted by Gasteiger charge is -2.05. The highest BCUT2D eigenvalue weighted by Gasteiger charge is 2.08. The van der Waals surface area contributed by atoms with Crippen molar-refractivity contribution >= 4 is 12.2 Å². The van der Waals surface area contributed by atoms with Gasteiger partial charge in [-0.2, -0.15) is 5.10 Å². The van der Waals surface area contributed by atoms with Crippen LogP contribution < -0.4 is 0 Å². The average Bonchev–Trinajstić information content (AvgIpc) is 2.61. The lowest BCUT2D eigenvalue weighted by Crippen LogP contribution is -2.01. The normalized spacial score (nSPS) is 10.3. The minimum Gasteiger partial charge on any atom is -0.296 e. The minimum atomic E-state index is 0.599. The first kappa shape index (κ1) is 10.8. The van der Waals surface area contributed by atoms with Gasteiger partial charge in [0.1, 0.15) is 0 Å². The summed E-state index contributed by atoms with van der Waals surface area (Å²) in [5.41, 5.74) is 1.97. The Balaban J connectivity index is 2.50. The van der Waals surface area contributed by atoms with Gasteiger partial charge in [-0.1, -0.05) is 12.2 Å². The number of rotatable bonds is 3. The molecule has 82 valence electrons. The van der Waals surface area contributed by atoms with Gasteiger partial charge >= 0.3 is 0 Å². The highest BCUT2D eigenvalue weighted by Crippen LogP contribution is 2.16. The summed E-state index contributed by atoms with van der Waals surface area (Å²) in [6, 6.07) is 3.82. The molecule has 2 heterocycles. The number of hydrogen-bond donors (Lipinski definition) is 1. The first-order valence-electron chi connectivity index (χ1n) is 4.88. The molecule has 0 amide bonds. The molecule has 0 aliphatic heterocycles. The summed E-state index contributed by atoms with van der Waals surface area (Å²) in [5, 5.41) is 6.99. The second kappa shape index (κ2) is 4.40. The molecule has 2 aromatic heterocycles. The van der Waals surface area contributed by atoms with E-state index in [1.54, 1.807) is 12.4 Å². The van der Waals surface area contributed by atoms with Crippen molar-refractivity contribution in [3.05, 3.63) is 41.4 Å². The van der Waals surface area contributed by atoms with E-state index in [1.807, 2.05) is 23.6 Å². The van der Waals surface area contributed by atoms with Gasteiger partial charge in [-0.05, 0) is 31.3 Å². The standard InChI is InChI=1S/C11H12N4S/c1-8(2)7-15-10(13-14-11(15)16)9-4-3-5-12-6-9/h3-6H,1,7H2,2H3,(H,14,16). The summed E-state index contributed by atoms with van der Waals surface area (Å²) in [4.78, 5) is 4.07. The van der Waals surface area contributed by atoms with Gasteiger partial charge in [-0.3, -0.25) is 14.6 Å². The molecule has 0 atom stereocenters. The summed E-state index contributed by atoms with van der Waals surface area (Å²) in [5.74, 6) is 0.793. The van der Waals surface area contributed by atoms with Gasteiger partial charge in [0.15, 0.2) is 10.6 Å². The molecule has 0 bridgehead atoms. The van der Waals surface area contributed by atoms with Gasteiger partial charge in [0.2, 0.25) is 0 Å². The number of aromatic amines is 1. The summed E-state index contributed by atoms with van der Waals surface area (Å²) >= 11 is 5.17. The quantitative estimate of drug-likeness (QED) is 0.653. The molecule has 0 fully saturated rings. The summed E-state index contributed by atoms with van der Waals surface area (Å²) < 4.78 is 2.51. The lowest BCUT2D eigenvalue weighted by atomic mass is 10.2. The van der Waals surface area contributed by atoms with E-state index in [1.165, 1.54) is 0 Å². The molecule has 2 aromatic rings. The van der Waals surface area contributed by atoms with E-state index in [4.69, 9.17) is 12.2 Å². The van der Waals surface area contributed by atoms with Crippen molar-refractivity contribution in [2.75, 3.05) is 0 Å². The Labute approximate surface area is 98.7 Å². The number of nitrogens with zero attached hydrogens (tertiary/aromatic N) is 3. The van der Waals surface area contributed by atoms with Crippen molar-refractivity contribution in [2.45, 2.75) is 13.5 Å². The van der Waals surface area contributed by atoms with Crippen LogP contribution in [-0.2, 0) is 6.54 Å². The van der Waals surface area contributed by atoms with Crippen LogP contribution in [-0.4, -0.2) is 19.7 Å². The van der Waals surface area contributed by atoms with Gasteiger partial charge in [-0.15, -0.1) is 0 Å². The molecule has 0 saturated heterocycles. The molecule has 0 unspecified atom stereocenters. The van der Waals surface area contributed by atoms with Crippen LogP contribution in [0.3, 0.4) is 0 Å². The minimum absolute atomic E-state index is 0.599. The Morgan fingerprint density at radius 2 is 2.44 bits per heavy atom. The zero-order chi connectivity index (χ0) is 11.5. The molecule has 0 aliphatic rings. The van der Waals surface area contributed by atoms with Crippen LogP contribution in [0.4, 0.5) is 0 Å². The summed E-state index contributed by atoms with van der Waals surface area (Å²) in [6.45, 7) is 6.51. The Bertz CT molecular complexity index is 553. The van der Waals surface area contributed by atoms with Crippen LogP contribution in [0, 0.1) is 4.77 Å². The Morgan fingerprint density at radius 3 is 3.06 bits per heavy atom. The first-order chi connectivity index (χ1) is 7.68. The fraction of sp³-hybridized carbons (Fsp3) is 0.182. The van der Waals surface area contributed by atoms with Crippen LogP contribution >= 0.6 is 12.2 Å². The molecular weight excluding hydrogens is 220 g/mol. The maximum atomic E-state index is 5.17. The lowest BCUT2D eigenvalue weighted by molar-refractivity contribution is 0.778. The predicted molar refractivity (Wildman–Crippen MR) is 65.5 cm³/mol. The van der Waals surface area contributed by atoms with E-state index in [0.717, 1.165) is 17.0 Å². The molecule has 0 saturated carbocycles. The van der Waals surface area contributed by atoms with Crippen LogP contribution in [0.5, 0.6) is 0 Å². The number of hydrogen-bond acceptors (Lipinski definition) is 3. The van der Waals surface area contributed by atoms with E-state index < -0.39 is 0 Å². The topological polar surface area (TPSA) is 46.5 Å². The van der Waals surface area contributed by atoms with Gasteiger partial charge in [-0.25, -0.2) is 0 Å². The van der Waals surface area contributed by atoms with Crippen LogP contribution in [0.15, 0.2) is 36.7 Å². The Hall–Kier alpha value is -1.75. The van der Waals surface area contributed by atoms with Gasteiger partial charge < -0.3 is 0 Å². The largest absolute Gasteiger partial charge is 0.296 e. The van der Waals surface area contributed by atoms with Crippen molar-refractivity contribution in [1.82, 2.24) is 19.7 Å². The third-order valence-electron chi connectivity index (χ3n) is 2.11. The van der Waals surface area contributed by atoms with E-state index in [2.05, 4.69) is 21.8 Å². The molecular formula is C11H12N4S. The first-order valence-corrected chi connectivity index (χ1v) is 5.29. The van der Waals surface area contributed by atoms with Crippen molar-refractivity contribution in [3.8, 4) is 11.4 Å². The van der Waals surface area contributed by atoms with Crippen LogP contribution in [0.2, 0.25) is 0 Å². The van der Waals surface area contributed by atoms with E-state index in [9.17, 15) is 0 Å². The Morgan fingerprint density at radius 1 is 1.62 bits per heavy atom. The molecule has 4 nitrogen and oxygen atoms in total. The number of nitrogens with one attached hydrogen (secondary N) is 1. The average molecular weight is 232 g/mol. The third-order valence-corrected chi connectivity index (χ3v) is 2.42. The monoisotopic (exact) mass is 232 g/mol. The number of allylic oxidation sites excluding steroid dienone is 1. The smallest absolute Gasteiger partial charge is 0.195 e. The zero-order valence-corrected chi connectivity index (χ0v) is 9.79. The number of aromatic nitrogens is 4. The molecule has 16 heavy (non-hydrogen) atoms. The fourth-order valence-electron chi connectivity index (χ4n) is 1.45. The molecule has 0 aromatic carbocycles. The molecule has 0 spiro atoms. The van der Waals surface area contributed by atoms with E-state index in [0.29, 0.717) is 11.3 Å². The van der Waals surface area contributed by atoms with Crippen molar-refractivity contribution in [2.24, 2.45) is 0 Å². The molecule has 1 N–H and O–H groups in total. The maximum absolute atomic E-state index is 5.17. The second-order valence-electron chi connectivity index (χ2n) is 3.64. The van der Waals surface area contributed by atoms with Gasteiger partial charge in [0.25, 0.3) is 0 Å². The van der Waals surface area contributed by atoms with E-state index in [-0.39, 0.29) is 0 Å². The molecule has 2 rings (SSSR count). The fourth-order valence-corrected chi connectivity index (χ4v) is 1.65. The maximum Gasteiger partial charge on any atom is 0.195 e. The molecule has 0 aliphatic carbocycles. The second-order valence-corrected chi connectivity index (χ2v) is 4.02. The third kappa shape index (κ3) is 2.09. The highest BCUT2D eigenvalue weighted by atomic mass is 32.1. The number of pyridine rings is 1. The Kier molecular flexibility index (Phi) is 2.96. The summed E-state index contributed by atoms with van der Waals surface area (Å²) in [7, 11) is 0. The van der Waals surface area contributed by atoms with Crippen LogP contribution in [0.25, 0.3) is 11.4 Å². The number of H-pyrrole nitrogens is 1. The molecule has 5 heteroatoms.